The number of aliphatic hydroxyl groups is 1. The third kappa shape index (κ3) is 5.01. The molecule has 2 N–H and O–H groups in total. The predicted molar refractivity (Wildman–Crippen MR) is 79.9 cm³/mol. The molecule has 0 bridgehead atoms. The van der Waals surface area contributed by atoms with Gasteiger partial charge in [-0.05, 0) is 50.0 Å². The Hall–Kier alpha value is -0.770. The van der Waals surface area contributed by atoms with Crippen molar-refractivity contribution in [2.24, 2.45) is 5.92 Å². The highest BCUT2D eigenvalue weighted by atomic mass is 35.5. The van der Waals surface area contributed by atoms with Crippen LogP contribution in [0.15, 0.2) is 18.2 Å². The summed E-state index contributed by atoms with van der Waals surface area (Å²) in [5.74, 6) is 1.20. The van der Waals surface area contributed by atoms with E-state index in [9.17, 15) is 5.11 Å². The Morgan fingerprint density at radius 1 is 1.42 bits per heavy atom. The maximum atomic E-state index is 10.5. The maximum absolute atomic E-state index is 10.5. The second-order valence-corrected chi connectivity index (χ2v) is 5.88. The first-order valence-electron chi connectivity index (χ1n) is 6.64. The smallest absolute Gasteiger partial charge is 0.137 e. The summed E-state index contributed by atoms with van der Waals surface area (Å²) < 4.78 is 5.18. The van der Waals surface area contributed by atoms with Crippen molar-refractivity contribution < 1.29 is 9.84 Å². The van der Waals surface area contributed by atoms with Gasteiger partial charge in [-0.15, -0.1) is 0 Å². The Balaban J connectivity index is 2.65. The Labute approximate surface area is 120 Å². The predicted octanol–water partition coefficient (Wildman–Crippen LogP) is 3.19. The van der Waals surface area contributed by atoms with Crippen LogP contribution in [0.5, 0.6) is 5.75 Å². The van der Waals surface area contributed by atoms with Gasteiger partial charge in [-0.1, -0.05) is 31.5 Å². The zero-order chi connectivity index (χ0) is 14.5. The summed E-state index contributed by atoms with van der Waals surface area (Å²) in [6.45, 7) is 7.87. The van der Waals surface area contributed by atoms with Gasteiger partial charge in [0.2, 0.25) is 0 Å². The fourth-order valence-corrected chi connectivity index (χ4v) is 2.06. The molecule has 0 aliphatic rings. The van der Waals surface area contributed by atoms with E-state index in [4.69, 9.17) is 16.3 Å². The zero-order valence-electron chi connectivity index (χ0n) is 12.2. The average Bonchev–Trinajstić information content (AvgIpc) is 2.35. The third-order valence-electron chi connectivity index (χ3n) is 3.11. The molecule has 1 rings (SSSR count). The molecule has 0 radical (unpaired) electrons. The summed E-state index contributed by atoms with van der Waals surface area (Å²) in [5.41, 5.74) is -0.0675. The molecule has 1 aromatic carbocycles. The van der Waals surface area contributed by atoms with Gasteiger partial charge in [0.05, 0.1) is 17.7 Å². The number of ether oxygens (including phenoxy) is 1. The number of hydrogen-bond donors (Lipinski definition) is 2. The summed E-state index contributed by atoms with van der Waals surface area (Å²) in [6, 6.07) is 5.39. The van der Waals surface area contributed by atoms with E-state index < -0.39 is 5.60 Å². The van der Waals surface area contributed by atoms with Crippen LogP contribution >= 0.6 is 11.6 Å². The van der Waals surface area contributed by atoms with Crippen molar-refractivity contribution in [3.8, 4) is 5.75 Å². The number of hydrogen-bond acceptors (Lipinski definition) is 3. The van der Waals surface area contributed by atoms with Crippen molar-refractivity contribution in [2.75, 3.05) is 20.2 Å². The van der Waals surface area contributed by atoms with Gasteiger partial charge in [-0.25, -0.2) is 0 Å². The average molecular weight is 286 g/mol. The van der Waals surface area contributed by atoms with Crippen LogP contribution < -0.4 is 10.1 Å². The minimum atomic E-state index is -0.887. The largest absolute Gasteiger partial charge is 0.495 e. The van der Waals surface area contributed by atoms with Crippen molar-refractivity contribution in [3.05, 3.63) is 28.8 Å². The third-order valence-corrected chi connectivity index (χ3v) is 3.43. The van der Waals surface area contributed by atoms with E-state index in [1.54, 1.807) is 19.2 Å². The van der Waals surface area contributed by atoms with Crippen LogP contribution in [-0.2, 0) is 5.60 Å². The summed E-state index contributed by atoms with van der Waals surface area (Å²) in [5, 5.41) is 14.4. The second kappa shape index (κ2) is 7.13. The Morgan fingerprint density at radius 3 is 2.68 bits per heavy atom. The lowest BCUT2D eigenvalue weighted by Gasteiger charge is -2.25. The van der Waals surface area contributed by atoms with Crippen molar-refractivity contribution in [2.45, 2.75) is 32.8 Å². The molecule has 108 valence electrons. The summed E-state index contributed by atoms with van der Waals surface area (Å²) in [7, 11) is 1.57. The fraction of sp³-hybridized carbons (Fsp3) is 0.600. The van der Waals surface area contributed by atoms with Gasteiger partial charge in [0.1, 0.15) is 5.75 Å². The van der Waals surface area contributed by atoms with Crippen LogP contribution in [0.3, 0.4) is 0 Å². The molecule has 19 heavy (non-hydrogen) atoms. The minimum Gasteiger partial charge on any atom is -0.495 e. The normalized spacial score (nSPS) is 14.5. The zero-order valence-corrected chi connectivity index (χ0v) is 12.9. The monoisotopic (exact) mass is 285 g/mol. The lowest BCUT2D eigenvalue weighted by molar-refractivity contribution is 0.0476. The molecule has 0 saturated heterocycles. The first-order valence-corrected chi connectivity index (χ1v) is 7.01. The summed E-state index contributed by atoms with van der Waals surface area (Å²) >= 11 is 5.99. The Morgan fingerprint density at radius 2 is 2.11 bits per heavy atom. The first-order chi connectivity index (χ1) is 8.86. The van der Waals surface area contributed by atoms with E-state index >= 15 is 0 Å². The molecule has 0 spiro atoms. The molecule has 4 heteroatoms. The quantitative estimate of drug-likeness (QED) is 0.756. The van der Waals surface area contributed by atoms with Crippen LogP contribution in [0.4, 0.5) is 0 Å². The molecular formula is C15H24ClNO2. The summed E-state index contributed by atoms with van der Waals surface area (Å²) in [4.78, 5) is 0. The molecular weight excluding hydrogens is 262 g/mol. The first kappa shape index (κ1) is 16.3. The van der Waals surface area contributed by atoms with Crippen molar-refractivity contribution in [1.29, 1.82) is 0 Å². The van der Waals surface area contributed by atoms with Gasteiger partial charge in [0, 0.05) is 0 Å². The van der Waals surface area contributed by atoms with Gasteiger partial charge in [0.15, 0.2) is 0 Å². The molecule has 0 amide bonds. The number of benzene rings is 1. The minimum absolute atomic E-state index is 0.556. The van der Waals surface area contributed by atoms with Crippen LogP contribution in [-0.4, -0.2) is 25.3 Å². The van der Waals surface area contributed by atoms with Gasteiger partial charge < -0.3 is 15.2 Å². The van der Waals surface area contributed by atoms with Crippen molar-refractivity contribution >= 4 is 11.6 Å². The Bertz CT molecular complexity index is 405. The number of nitrogens with one attached hydrogen (secondary N) is 1. The molecule has 0 aliphatic carbocycles. The SMILES string of the molecule is COc1cc(C(C)(O)CCNCC(C)C)ccc1Cl. The van der Waals surface area contributed by atoms with E-state index in [-0.39, 0.29) is 0 Å². The molecule has 0 heterocycles. The van der Waals surface area contributed by atoms with Crippen molar-refractivity contribution in [1.82, 2.24) is 5.32 Å². The van der Waals surface area contributed by atoms with Gasteiger partial charge >= 0.3 is 0 Å². The standard InChI is InChI=1S/C15H24ClNO2/c1-11(2)10-17-8-7-15(3,18)12-5-6-13(16)14(9-12)19-4/h5-6,9,11,17-18H,7-8,10H2,1-4H3. The van der Waals surface area contributed by atoms with Gasteiger partial charge in [-0.2, -0.15) is 0 Å². The highest BCUT2D eigenvalue weighted by Gasteiger charge is 2.23. The van der Waals surface area contributed by atoms with E-state index in [0.29, 0.717) is 23.1 Å². The second-order valence-electron chi connectivity index (χ2n) is 5.47. The molecule has 0 aromatic heterocycles. The highest BCUT2D eigenvalue weighted by molar-refractivity contribution is 6.32. The molecule has 1 aromatic rings. The van der Waals surface area contributed by atoms with E-state index in [1.165, 1.54) is 0 Å². The van der Waals surface area contributed by atoms with Gasteiger partial charge in [0.25, 0.3) is 0 Å². The number of methoxy groups -OCH3 is 1. The summed E-state index contributed by atoms with van der Waals surface area (Å²) in [6.07, 6.45) is 0.643. The van der Waals surface area contributed by atoms with E-state index in [2.05, 4.69) is 19.2 Å². The lowest BCUT2D eigenvalue weighted by atomic mass is 9.92. The Kier molecular flexibility index (Phi) is 6.11. The van der Waals surface area contributed by atoms with Crippen LogP contribution in [0.2, 0.25) is 5.02 Å². The molecule has 1 unspecified atom stereocenters. The molecule has 0 aliphatic heterocycles. The molecule has 0 fully saturated rings. The topological polar surface area (TPSA) is 41.5 Å². The maximum Gasteiger partial charge on any atom is 0.137 e. The molecule has 3 nitrogen and oxygen atoms in total. The van der Waals surface area contributed by atoms with Crippen LogP contribution in [0, 0.1) is 5.92 Å². The number of halogens is 1. The van der Waals surface area contributed by atoms with E-state index in [0.717, 1.165) is 18.7 Å². The lowest BCUT2D eigenvalue weighted by Crippen LogP contribution is -2.29. The fourth-order valence-electron chi connectivity index (χ4n) is 1.86. The highest BCUT2D eigenvalue weighted by Crippen LogP contribution is 2.31. The van der Waals surface area contributed by atoms with Crippen molar-refractivity contribution in [3.63, 3.8) is 0 Å². The van der Waals surface area contributed by atoms with E-state index in [1.807, 2.05) is 13.0 Å². The van der Waals surface area contributed by atoms with Gasteiger partial charge in [-0.3, -0.25) is 0 Å². The van der Waals surface area contributed by atoms with Crippen LogP contribution in [0.1, 0.15) is 32.8 Å². The van der Waals surface area contributed by atoms with Crippen LogP contribution in [0.25, 0.3) is 0 Å². The molecule has 0 saturated carbocycles. The number of rotatable bonds is 7. The molecule has 1 atom stereocenters.